The lowest BCUT2D eigenvalue weighted by Crippen LogP contribution is -2.37. The van der Waals surface area contributed by atoms with Gasteiger partial charge < -0.3 is 15.4 Å². The number of rotatable bonds is 6. The third-order valence-electron chi connectivity index (χ3n) is 4.89. The number of nitrogens with zero attached hydrogens (tertiary/aromatic N) is 1. The lowest BCUT2D eigenvalue weighted by Gasteiger charge is -2.26. The van der Waals surface area contributed by atoms with Crippen LogP contribution < -0.4 is 15.5 Å². The van der Waals surface area contributed by atoms with Gasteiger partial charge in [-0.2, -0.15) is 0 Å². The van der Waals surface area contributed by atoms with Gasteiger partial charge in [0.1, 0.15) is 6.04 Å². The molecule has 7 nitrogen and oxygen atoms in total. The van der Waals surface area contributed by atoms with Crippen LogP contribution in [0.4, 0.5) is 16.2 Å². The quantitative estimate of drug-likeness (QED) is 0.539. The molecule has 3 aromatic rings. The van der Waals surface area contributed by atoms with Gasteiger partial charge in [-0.1, -0.05) is 41.9 Å². The third-order valence-corrected chi connectivity index (χ3v) is 6.12. The zero-order valence-electron chi connectivity index (χ0n) is 16.9. The molecule has 1 aromatic heterocycles. The Bertz CT molecular complexity index is 1120. The number of thiophene rings is 1. The smallest absolute Gasteiger partial charge is 0.414 e. The van der Waals surface area contributed by atoms with Gasteiger partial charge in [-0.3, -0.25) is 14.5 Å². The Morgan fingerprint density at radius 2 is 1.78 bits per heavy atom. The first-order valence-electron chi connectivity index (χ1n) is 9.97. The highest BCUT2D eigenvalue weighted by atomic mass is 35.5. The number of halogens is 1. The molecule has 0 bridgehead atoms. The van der Waals surface area contributed by atoms with Crippen molar-refractivity contribution in [2.45, 2.75) is 12.5 Å². The van der Waals surface area contributed by atoms with Gasteiger partial charge in [0, 0.05) is 17.9 Å². The number of cyclic esters (lactones) is 1. The Kier molecular flexibility index (Phi) is 6.72. The van der Waals surface area contributed by atoms with Gasteiger partial charge in [-0.25, -0.2) is 4.79 Å². The second kappa shape index (κ2) is 9.84. The average Bonchev–Trinajstić information content (AvgIpc) is 3.25. The van der Waals surface area contributed by atoms with Crippen molar-refractivity contribution in [2.24, 2.45) is 0 Å². The minimum Gasteiger partial charge on any atom is -0.449 e. The molecule has 0 spiro atoms. The second-order valence-corrected chi connectivity index (χ2v) is 8.79. The van der Waals surface area contributed by atoms with Gasteiger partial charge >= 0.3 is 6.09 Å². The average molecular weight is 470 g/mol. The summed E-state index contributed by atoms with van der Waals surface area (Å²) < 4.78 is 5.56. The highest BCUT2D eigenvalue weighted by molar-refractivity contribution is 7.18. The van der Waals surface area contributed by atoms with E-state index in [0.717, 1.165) is 17.8 Å². The summed E-state index contributed by atoms with van der Waals surface area (Å²) in [5, 5.41) is 5.62. The number of benzene rings is 2. The second-order valence-electron chi connectivity index (χ2n) is 7.08. The molecule has 32 heavy (non-hydrogen) atoms. The van der Waals surface area contributed by atoms with Crippen LogP contribution >= 0.6 is 22.9 Å². The van der Waals surface area contributed by atoms with Crippen LogP contribution in [0.25, 0.3) is 0 Å². The Hall–Kier alpha value is -3.36. The molecule has 9 heteroatoms. The largest absolute Gasteiger partial charge is 0.449 e. The summed E-state index contributed by atoms with van der Waals surface area (Å²) >= 11 is 7.08. The van der Waals surface area contributed by atoms with Crippen LogP contribution in [0.2, 0.25) is 4.34 Å². The van der Waals surface area contributed by atoms with Gasteiger partial charge in [-0.05, 0) is 48.4 Å². The summed E-state index contributed by atoms with van der Waals surface area (Å²) in [6.45, 7) is 1.01. The summed E-state index contributed by atoms with van der Waals surface area (Å²) in [6.07, 6.45) is 0.381. The summed E-state index contributed by atoms with van der Waals surface area (Å²) in [5.41, 5.74) is 1.88. The van der Waals surface area contributed by atoms with E-state index in [1.807, 2.05) is 6.07 Å². The molecule has 164 valence electrons. The Morgan fingerprint density at radius 1 is 1.03 bits per heavy atom. The monoisotopic (exact) mass is 469 g/mol. The highest BCUT2D eigenvalue weighted by Gasteiger charge is 2.25. The fraction of sp³-hybridized carbons (Fsp3) is 0.174. The van der Waals surface area contributed by atoms with Crippen molar-refractivity contribution in [1.82, 2.24) is 5.32 Å². The zero-order valence-corrected chi connectivity index (χ0v) is 18.5. The molecule has 2 N–H and O–H groups in total. The topological polar surface area (TPSA) is 87.7 Å². The van der Waals surface area contributed by atoms with E-state index in [4.69, 9.17) is 16.3 Å². The van der Waals surface area contributed by atoms with Crippen molar-refractivity contribution in [3.05, 3.63) is 81.5 Å². The van der Waals surface area contributed by atoms with Crippen molar-refractivity contribution in [3.8, 4) is 0 Å². The van der Waals surface area contributed by atoms with Crippen molar-refractivity contribution in [3.63, 3.8) is 0 Å². The van der Waals surface area contributed by atoms with E-state index in [9.17, 15) is 14.4 Å². The highest BCUT2D eigenvalue weighted by Crippen LogP contribution is 2.24. The van der Waals surface area contributed by atoms with Gasteiger partial charge in [0.15, 0.2) is 0 Å². The molecule has 1 aliphatic rings. The Labute approximate surface area is 193 Å². The first kappa shape index (κ1) is 21.9. The van der Waals surface area contributed by atoms with Gasteiger partial charge in [0.25, 0.3) is 11.8 Å². The molecule has 1 fully saturated rings. The maximum atomic E-state index is 13.1. The first-order chi connectivity index (χ1) is 15.5. The van der Waals surface area contributed by atoms with Crippen molar-refractivity contribution >= 4 is 52.2 Å². The van der Waals surface area contributed by atoms with Crippen molar-refractivity contribution < 1.29 is 19.1 Å². The summed E-state index contributed by atoms with van der Waals surface area (Å²) in [6, 6.07) is 18.2. The number of amides is 3. The van der Waals surface area contributed by atoms with Crippen molar-refractivity contribution in [1.29, 1.82) is 0 Å². The van der Waals surface area contributed by atoms with E-state index >= 15 is 0 Å². The number of carbonyl (C=O) groups is 3. The van der Waals surface area contributed by atoms with E-state index in [1.54, 1.807) is 65.6 Å². The van der Waals surface area contributed by atoms with E-state index in [-0.39, 0.29) is 12.0 Å². The van der Waals surface area contributed by atoms with E-state index in [2.05, 4.69) is 10.6 Å². The number of ether oxygens (including phenoxy) is 1. The molecule has 2 heterocycles. The maximum Gasteiger partial charge on any atom is 0.414 e. The Morgan fingerprint density at radius 3 is 2.44 bits per heavy atom. The minimum atomic E-state index is -0.902. The van der Waals surface area contributed by atoms with Crippen LogP contribution in [0.1, 0.15) is 27.7 Å². The predicted molar refractivity (Wildman–Crippen MR) is 124 cm³/mol. The Balaban J connectivity index is 1.49. The number of hydrogen-bond donors (Lipinski definition) is 2. The maximum absolute atomic E-state index is 13.1. The van der Waals surface area contributed by atoms with Crippen LogP contribution in [0.15, 0.2) is 66.7 Å². The first-order valence-corrected chi connectivity index (χ1v) is 11.2. The summed E-state index contributed by atoms with van der Waals surface area (Å²) in [5.74, 6) is -0.776. The lowest BCUT2D eigenvalue weighted by molar-refractivity contribution is -0.118. The fourth-order valence-corrected chi connectivity index (χ4v) is 4.26. The number of nitrogens with one attached hydrogen (secondary N) is 2. The van der Waals surface area contributed by atoms with Crippen LogP contribution in [0, 0.1) is 0 Å². The molecule has 3 amide bonds. The summed E-state index contributed by atoms with van der Waals surface area (Å²) in [7, 11) is 0. The van der Waals surface area contributed by atoms with Crippen LogP contribution in [-0.4, -0.2) is 31.1 Å². The van der Waals surface area contributed by atoms with Crippen molar-refractivity contribution in [2.75, 3.05) is 23.4 Å². The van der Waals surface area contributed by atoms with E-state index < -0.39 is 11.9 Å². The molecule has 1 saturated heterocycles. The van der Waals surface area contributed by atoms with Gasteiger partial charge in [-0.15, -0.1) is 11.3 Å². The molecule has 2 aromatic carbocycles. The molecular weight excluding hydrogens is 450 g/mol. The summed E-state index contributed by atoms with van der Waals surface area (Å²) in [4.78, 5) is 39.6. The number of carbonyl (C=O) groups excluding carboxylic acids is 3. The minimum absolute atomic E-state index is 0.381. The van der Waals surface area contributed by atoms with Gasteiger partial charge in [0.2, 0.25) is 0 Å². The van der Waals surface area contributed by atoms with E-state index in [1.165, 1.54) is 0 Å². The molecule has 0 saturated carbocycles. The zero-order chi connectivity index (χ0) is 22.5. The SMILES string of the molecule is O=C(NC(C(=O)Nc1ccc(N2CCCOC2=O)cc1)c1ccccc1)c1ccc(Cl)s1. The van der Waals surface area contributed by atoms with E-state index in [0.29, 0.717) is 39.3 Å². The predicted octanol–water partition coefficient (Wildman–Crippen LogP) is 4.86. The number of anilines is 2. The molecule has 1 atom stereocenters. The third kappa shape index (κ3) is 5.09. The molecule has 1 aliphatic heterocycles. The fourth-order valence-electron chi connectivity index (χ4n) is 3.31. The van der Waals surface area contributed by atoms with Crippen LogP contribution in [0.5, 0.6) is 0 Å². The molecule has 4 rings (SSSR count). The molecule has 1 unspecified atom stereocenters. The number of hydrogen-bond acceptors (Lipinski definition) is 5. The molecule has 0 aliphatic carbocycles. The van der Waals surface area contributed by atoms with Crippen LogP contribution in [0.3, 0.4) is 0 Å². The van der Waals surface area contributed by atoms with Crippen LogP contribution in [-0.2, 0) is 9.53 Å². The molecule has 0 radical (unpaired) electrons. The van der Waals surface area contributed by atoms with Gasteiger partial charge in [0.05, 0.1) is 15.8 Å². The normalized spacial score (nSPS) is 14.4. The molecular formula is C23H20ClN3O4S. The standard InChI is InChI=1S/C23H20ClN3O4S/c24-19-12-11-18(32-19)21(28)26-20(15-5-2-1-3-6-15)22(29)25-16-7-9-17(10-8-16)27-13-4-14-31-23(27)30/h1-3,5-12,20H,4,13-14H2,(H,25,29)(H,26,28). The lowest BCUT2D eigenvalue weighted by atomic mass is 10.1.